The molecular formula is C15H25F3N2O6S2. The first-order chi connectivity index (χ1) is 12.8. The van der Waals surface area contributed by atoms with E-state index in [0.29, 0.717) is 18.1 Å². The lowest BCUT2D eigenvalue weighted by Gasteiger charge is -2.22. The quantitative estimate of drug-likeness (QED) is 0.278. The molecule has 0 aromatic heterocycles. The Morgan fingerprint density at radius 1 is 1.07 bits per heavy atom. The normalized spacial score (nSPS) is 12.8. The van der Waals surface area contributed by atoms with E-state index < -0.39 is 24.2 Å². The first-order valence-electron chi connectivity index (χ1n) is 8.14. The van der Waals surface area contributed by atoms with Crippen LogP contribution in [0.3, 0.4) is 0 Å². The molecule has 164 valence electrons. The first-order valence-corrected chi connectivity index (χ1v) is 10.6. The topological polar surface area (TPSA) is 133 Å². The Hall–Kier alpha value is -1.63. The summed E-state index contributed by atoms with van der Waals surface area (Å²) >= 11 is 0. The van der Waals surface area contributed by atoms with E-state index in [1.165, 1.54) is 28.5 Å². The number of carboxylic acids is 2. The van der Waals surface area contributed by atoms with Gasteiger partial charge >= 0.3 is 18.1 Å². The van der Waals surface area contributed by atoms with E-state index in [9.17, 15) is 27.6 Å². The number of carbonyl (C=O) groups excluding carboxylic acids is 2. The summed E-state index contributed by atoms with van der Waals surface area (Å²) < 4.78 is 31.7. The molecule has 0 saturated heterocycles. The van der Waals surface area contributed by atoms with E-state index in [-0.39, 0.29) is 24.2 Å². The third-order valence-corrected chi connectivity index (χ3v) is 5.47. The van der Waals surface area contributed by atoms with Gasteiger partial charge in [-0.25, -0.2) is 4.79 Å². The van der Waals surface area contributed by atoms with Crippen LogP contribution >= 0.6 is 21.6 Å². The van der Waals surface area contributed by atoms with Crippen molar-refractivity contribution in [1.82, 2.24) is 10.6 Å². The summed E-state index contributed by atoms with van der Waals surface area (Å²) in [6, 6.07) is -0.503. The second kappa shape index (κ2) is 15.3. The maximum atomic E-state index is 12.0. The molecule has 0 radical (unpaired) electrons. The standard InChI is InChI=1S/C13H24N2O4S2.C2HF3O2/c1-4-9(2)12(15-10(3)16)13(19)14-6-8-21-20-7-5-11(17)18;3-2(4,5)1(6)7/h9,12H,4-8H2,1-3H3,(H,14,19)(H,15,16)(H,17,18);(H,6,7)/t9-,12-;/m0./s1. The highest BCUT2D eigenvalue weighted by Gasteiger charge is 2.38. The number of alkyl halides is 3. The molecule has 0 saturated carbocycles. The third kappa shape index (κ3) is 16.5. The molecule has 2 amide bonds. The fourth-order valence-electron chi connectivity index (χ4n) is 1.49. The average molecular weight is 451 g/mol. The molecule has 0 heterocycles. The van der Waals surface area contributed by atoms with Crippen LogP contribution in [0.5, 0.6) is 0 Å². The second-order valence-corrected chi connectivity index (χ2v) is 8.15. The monoisotopic (exact) mass is 450 g/mol. The molecule has 0 aromatic rings. The average Bonchev–Trinajstić information content (AvgIpc) is 2.57. The lowest BCUT2D eigenvalue weighted by atomic mass is 9.98. The Balaban J connectivity index is 0. The molecule has 0 rings (SSSR count). The number of hydrogen-bond donors (Lipinski definition) is 4. The molecule has 0 aliphatic rings. The van der Waals surface area contributed by atoms with Gasteiger partial charge in [0.2, 0.25) is 11.8 Å². The lowest BCUT2D eigenvalue weighted by molar-refractivity contribution is -0.192. The summed E-state index contributed by atoms with van der Waals surface area (Å²) in [5.74, 6) is -2.62. The van der Waals surface area contributed by atoms with Gasteiger partial charge in [0.05, 0.1) is 6.42 Å². The van der Waals surface area contributed by atoms with Gasteiger partial charge in [-0.15, -0.1) is 0 Å². The van der Waals surface area contributed by atoms with Crippen LogP contribution in [0.25, 0.3) is 0 Å². The Kier molecular flexibility index (Phi) is 15.6. The molecule has 0 bridgehead atoms. The van der Waals surface area contributed by atoms with Crippen LogP contribution < -0.4 is 10.6 Å². The van der Waals surface area contributed by atoms with E-state index in [1.54, 1.807) is 0 Å². The number of carbonyl (C=O) groups is 4. The van der Waals surface area contributed by atoms with Gasteiger partial charge in [-0.05, 0) is 5.92 Å². The molecule has 4 N–H and O–H groups in total. The smallest absolute Gasteiger partial charge is 0.481 e. The molecule has 0 aromatic carbocycles. The molecule has 8 nitrogen and oxygen atoms in total. The molecule has 2 atom stereocenters. The van der Waals surface area contributed by atoms with Crippen LogP contribution in [-0.2, 0) is 19.2 Å². The van der Waals surface area contributed by atoms with Gasteiger partial charge in [-0.3, -0.25) is 14.4 Å². The summed E-state index contributed by atoms with van der Waals surface area (Å²) in [5.41, 5.74) is 0. The Labute approximate surface area is 168 Å². The summed E-state index contributed by atoms with van der Waals surface area (Å²) in [7, 11) is 3.01. The minimum absolute atomic E-state index is 0.0755. The Morgan fingerprint density at radius 2 is 1.57 bits per heavy atom. The fraction of sp³-hybridized carbons (Fsp3) is 0.733. The number of amides is 2. The van der Waals surface area contributed by atoms with Gasteiger partial charge in [0.1, 0.15) is 6.04 Å². The van der Waals surface area contributed by atoms with Gasteiger partial charge in [0, 0.05) is 25.0 Å². The number of halogens is 3. The van der Waals surface area contributed by atoms with E-state index in [4.69, 9.17) is 15.0 Å². The predicted molar refractivity (Wildman–Crippen MR) is 101 cm³/mol. The lowest BCUT2D eigenvalue weighted by Crippen LogP contribution is -2.50. The Bertz CT molecular complexity index is 520. The molecule has 0 aliphatic carbocycles. The van der Waals surface area contributed by atoms with E-state index in [1.807, 2.05) is 13.8 Å². The molecule has 13 heteroatoms. The largest absolute Gasteiger partial charge is 0.490 e. The SMILES string of the molecule is CC[C@H](C)[C@H](NC(C)=O)C(=O)NCCSSCCC(=O)O.O=C(O)C(F)(F)F. The van der Waals surface area contributed by atoms with Crippen LogP contribution in [-0.4, -0.2) is 64.2 Å². The van der Waals surface area contributed by atoms with Crippen molar-refractivity contribution in [3.63, 3.8) is 0 Å². The highest BCUT2D eigenvalue weighted by atomic mass is 33.1. The summed E-state index contributed by atoms with van der Waals surface area (Å²) in [5, 5.41) is 21.1. The van der Waals surface area contributed by atoms with Gasteiger partial charge < -0.3 is 20.8 Å². The Morgan fingerprint density at radius 3 is 1.96 bits per heavy atom. The first kappa shape index (κ1) is 28.6. The zero-order chi connectivity index (χ0) is 22.3. The summed E-state index contributed by atoms with van der Waals surface area (Å²) in [6.45, 7) is 5.80. The van der Waals surface area contributed by atoms with Gasteiger partial charge in [0.25, 0.3) is 0 Å². The minimum atomic E-state index is -5.08. The van der Waals surface area contributed by atoms with E-state index in [0.717, 1.165) is 6.42 Å². The number of aliphatic carboxylic acids is 2. The maximum absolute atomic E-state index is 12.0. The van der Waals surface area contributed by atoms with Crippen molar-refractivity contribution in [1.29, 1.82) is 0 Å². The van der Waals surface area contributed by atoms with Crippen molar-refractivity contribution in [3.05, 3.63) is 0 Å². The van der Waals surface area contributed by atoms with Crippen molar-refractivity contribution >= 4 is 45.3 Å². The second-order valence-electron chi connectivity index (χ2n) is 5.45. The van der Waals surface area contributed by atoms with Gasteiger partial charge in [-0.2, -0.15) is 13.2 Å². The van der Waals surface area contributed by atoms with E-state index >= 15 is 0 Å². The van der Waals surface area contributed by atoms with Crippen LogP contribution in [0, 0.1) is 5.92 Å². The zero-order valence-corrected chi connectivity index (χ0v) is 17.3. The van der Waals surface area contributed by atoms with Crippen molar-refractivity contribution in [2.75, 3.05) is 18.1 Å². The summed E-state index contributed by atoms with van der Waals surface area (Å²) in [4.78, 5) is 42.4. The maximum Gasteiger partial charge on any atom is 0.490 e. The molecule has 0 unspecified atom stereocenters. The van der Waals surface area contributed by atoms with Crippen LogP contribution in [0.2, 0.25) is 0 Å². The summed E-state index contributed by atoms with van der Waals surface area (Å²) in [6.07, 6.45) is -4.14. The molecule has 0 fully saturated rings. The highest BCUT2D eigenvalue weighted by Crippen LogP contribution is 2.21. The van der Waals surface area contributed by atoms with Crippen molar-refractivity contribution < 1.29 is 42.6 Å². The third-order valence-electron chi connectivity index (χ3n) is 3.06. The fourth-order valence-corrected chi connectivity index (χ4v) is 3.38. The molecule has 0 spiro atoms. The molecule has 28 heavy (non-hydrogen) atoms. The van der Waals surface area contributed by atoms with Crippen molar-refractivity contribution in [3.8, 4) is 0 Å². The number of rotatable bonds is 11. The number of carboxylic acid groups (broad SMARTS) is 2. The molecule has 0 aliphatic heterocycles. The number of hydrogen-bond acceptors (Lipinski definition) is 6. The van der Waals surface area contributed by atoms with Crippen LogP contribution in [0.15, 0.2) is 0 Å². The minimum Gasteiger partial charge on any atom is -0.481 e. The highest BCUT2D eigenvalue weighted by molar-refractivity contribution is 8.76. The van der Waals surface area contributed by atoms with Crippen LogP contribution in [0.4, 0.5) is 13.2 Å². The van der Waals surface area contributed by atoms with Gasteiger partial charge in [-0.1, -0.05) is 41.9 Å². The van der Waals surface area contributed by atoms with Crippen molar-refractivity contribution in [2.45, 2.75) is 45.8 Å². The van der Waals surface area contributed by atoms with Gasteiger partial charge in [0.15, 0.2) is 0 Å². The zero-order valence-electron chi connectivity index (χ0n) is 15.7. The van der Waals surface area contributed by atoms with E-state index in [2.05, 4.69) is 10.6 Å². The number of nitrogens with one attached hydrogen (secondary N) is 2. The van der Waals surface area contributed by atoms with Crippen LogP contribution in [0.1, 0.15) is 33.6 Å². The van der Waals surface area contributed by atoms with Crippen molar-refractivity contribution in [2.24, 2.45) is 5.92 Å². The molecular weight excluding hydrogens is 425 g/mol. The predicted octanol–water partition coefficient (Wildman–Crippen LogP) is 2.14.